The van der Waals surface area contributed by atoms with Crippen LogP contribution in [0.5, 0.6) is 0 Å². The summed E-state index contributed by atoms with van der Waals surface area (Å²) in [6.07, 6.45) is 3.44. The van der Waals surface area contributed by atoms with Gasteiger partial charge in [-0.2, -0.15) is 0 Å². The van der Waals surface area contributed by atoms with Crippen LogP contribution in [0.3, 0.4) is 0 Å². The maximum atomic E-state index is 14.5. The van der Waals surface area contributed by atoms with E-state index < -0.39 is 17.6 Å². The lowest BCUT2D eigenvalue weighted by Crippen LogP contribution is -2.56. The fourth-order valence-electron chi connectivity index (χ4n) is 5.82. The lowest BCUT2D eigenvalue weighted by molar-refractivity contribution is -0.146. The Labute approximate surface area is 289 Å². The highest BCUT2D eigenvalue weighted by molar-refractivity contribution is 7.09. The lowest BCUT2D eigenvalue weighted by atomic mass is 9.96. The molecule has 1 heterocycles. The van der Waals surface area contributed by atoms with Gasteiger partial charge in [-0.3, -0.25) is 14.4 Å². The van der Waals surface area contributed by atoms with Crippen molar-refractivity contribution in [2.75, 3.05) is 20.6 Å². The van der Waals surface area contributed by atoms with Gasteiger partial charge in [0.2, 0.25) is 17.7 Å². The summed E-state index contributed by atoms with van der Waals surface area (Å²) >= 11 is 1.55. The molecular weight excluding hydrogens is 617 g/mol. The Morgan fingerprint density at radius 2 is 1.42 bits per heavy atom. The SMILES string of the molecule is C/C(=C\C(=O)N(C)C(Cc1ccc(-c2ccccc2)cc1)C(=O)N(C)C(Cc1cccs1)C(=O)NCCc1ccccc1)CC(C)(C)N. The molecule has 0 saturated heterocycles. The van der Waals surface area contributed by atoms with E-state index in [0.717, 1.165) is 32.7 Å². The smallest absolute Gasteiger partial charge is 0.246 e. The summed E-state index contributed by atoms with van der Waals surface area (Å²) in [7, 11) is 3.32. The van der Waals surface area contributed by atoms with E-state index in [1.807, 2.05) is 111 Å². The van der Waals surface area contributed by atoms with Gasteiger partial charge in [-0.25, -0.2) is 0 Å². The molecule has 0 fully saturated rings. The number of thiophene rings is 1. The monoisotopic (exact) mass is 664 g/mol. The van der Waals surface area contributed by atoms with Gasteiger partial charge < -0.3 is 20.9 Å². The van der Waals surface area contributed by atoms with E-state index in [-0.39, 0.29) is 24.1 Å². The zero-order valence-electron chi connectivity index (χ0n) is 28.7. The summed E-state index contributed by atoms with van der Waals surface area (Å²) in [6.45, 7) is 6.15. The Kier molecular flexibility index (Phi) is 12.9. The predicted molar refractivity (Wildman–Crippen MR) is 197 cm³/mol. The van der Waals surface area contributed by atoms with E-state index in [1.165, 1.54) is 9.80 Å². The van der Waals surface area contributed by atoms with Crippen molar-refractivity contribution < 1.29 is 14.4 Å². The fourth-order valence-corrected chi connectivity index (χ4v) is 6.56. The Morgan fingerprint density at radius 3 is 2.02 bits per heavy atom. The standard InChI is InChI=1S/C40H48N4O3S/c1-29(28-40(2,3)41)25-37(45)43(4)36(26-31-18-20-33(21-19-31)32-15-10-7-11-16-32)39(47)44(5)35(27-34-17-12-24-48-34)38(46)42-23-22-30-13-8-6-9-14-30/h6-21,24-25,35-36H,22-23,26-28,41H2,1-5H3,(H,42,46)/b29-25+. The van der Waals surface area contributed by atoms with E-state index in [4.69, 9.17) is 5.73 Å². The zero-order valence-corrected chi connectivity index (χ0v) is 29.5. The number of hydrogen-bond donors (Lipinski definition) is 2. The molecule has 7 nitrogen and oxygen atoms in total. The van der Waals surface area contributed by atoms with Gasteiger partial charge in [0, 0.05) is 50.0 Å². The molecule has 0 bridgehead atoms. The van der Waals surface area contributed by atoms with Crippen LogP contribution < -0.4 is 11.1 Å². The van der Waals surface area contributed by atoms with Crippen LogP contribution in [0.15, 0.2) is 114 Å². The molecule has 0 spiro atoms. The highest BCUT2D eigenvalue weighted by atomic mass is 32.1. The quantitative estimate of drug-likeness (QED) is 0.146. The number of carbonyl (C=O) groups excluding carboxylic acids is 3. The first-order chi connectivity index (χ1) is 22.9. The predicted octanol–water partition coefficient (Wildman–Crippen LogP) is 6.29. The largest absolute Gasteiger partial charge is 0.354 e. The highest BCUT2D eigenvalue weighted by Crippen LogP contribution is 2.22. The zero-order chi connectivity index (χ0) is 34.7. The number of nitrogens with one attached hydrogen (secondary N) is 1. The van der Waals surface area contributed by atoms with Crippen LogP contribution in [-0.4, -0.2) is 65.8 Å². The minimum Gasteiger partial charge on any atom is -0.354 e. The second-order valence-corrected chi connectivity index (χ2v) is 14.2. The van der Waals surface area contributed by atoms with E-state index in [0.29, 0.717) is 25.8 Å². The second kappa shape index (κ2) is 17.0. The molecule has 3 amide bonds. The van der Waals surface area contributed by atoms with E-state index >= 15 is 0 Å². The van der Waals surface area contributed by atoms with Crippen molar-refractivity contribution >= 4 is 29.1 Å². The summed E-state index contributed by atoms with van der Waals surface area (Å²) in [6, 6.07) is 30.4. The van der Waals surface area contributed by atoms with Crippen molar-refractivity contribution in [3.63, 3.8) is 0 Å². The van der Waals surface area contributed by atoms with Gasteiger partial charge in [-0.05, 0) is 67.3 Å². The van der Waals surface area contributed by atoms with Crippen molar-refractivity contribution in [1.29, 1.82) is 0 Å². The number of hydrogen-bond acceptors (Lipinski definition) is 5. The minimum atomic E-state index is -0.844. The summed E-state index contributed by atoms with van der Waals surface area (Å²) in [4.78, 5) is 45.9. The summed E-state index contributed by atoms with van der Waals surface area (Å²) in [5, 5.41) is 5.03. The van der Waals surface area contributed by atoms with Gasteiger partial charge in [0.05, 0.1) is 0 Å². The van der Waals surface area contributed by atoms with Crippen molar-refractivity contribution in [2.24, 2.45) is 5.73 Å². The van der Waals surface area contributed by atoms with E-state index in [9.17, 15) is 14.4 Å². The molecule has 0 radical (unpaired) electrons. The molecule has 3 N–H and O–H groups in total. The van der Waals surface area contributed by atoms with Gasteiger partial charge in [-0.15, -0.1) is 11.3 Å². The molecule has 2 atom stereocenters. The van der Waals surface area contributed by atoms with Crippen LogP contribution in [0, 0.1) is 0 Å². The molecule has 3 aromatic carbocycles. The number of likely N-dealkylation sites (N-methyl/N-ethyl adjacent to an activating group) is 2. The highest BCUT2D eigenvalue weighted by Gasteiger charge is 2.35. The number of carbonyl (C=O) groups is 3. The molecule has 1 aromatic heterocycles. The molecule has 4 aromatic rings. The third kappa shape index (κ3) is 10.8. The second-order valence-electron chi connectivity index (χ2n) is 13.2. The first-order valence-electron chi connectivity index (χ1n) is 16.4. The number of nitrogens with zero attached hydrogens (tertiary/aromatic N) is 2. The molecule has 0 aliphatic carbocycles. The Balaban J connectivity index is 1.60. The van der Waals surface area contributed by atoms with Crippen LogP contribution >= 0.6 is 11.3 Å². The third-order valence-corrected chi connectivity index (χ3v) is 9.24. The molecule has 2 unspecified atom stereocenters. The number of rotatable bonds is 15. The summed E-state index contributed by atoms with van der Waals surface area (Å²) < 4.78 is 0. The molecule has 0 aliphatic rings. The molecule has 0 saturated carbocycles. The van der Waals surface area contributed by atoms with Crippen LogP contribution in [0.1, 0.15) is 43.2 Å². The Bertz CT molecular complexity index is 1650. The van der Waals surface area contributed by atoms with Crippen molar-refractivity contribution in [2.45, 2.75) is 64.1 Å². The molecular formula is C40H48N4O3S. The molecule has 0 aliphatic heterocycles. The third-order valence-electron chi connectivity index (χ3n) is 8.34. The maximum Gasteiger partial charge on any atom is 0.246 e. The summed E-state index contributed by atoms with van der Waals surface area (Å²) in [5.41, 5.74) is 10.8. The topological polar surface area (TPSA) is 95.7 Å². The summed E-state index contributed by atoms with van der Waals surface area (Å²) in [5.74, 6) is -0.814. The number of benzene rings is 3. The van der Waals surface area contributed by atoms with Gasteiger partial charge in [-0.1, -0.05) is 96.6 Å². The molecule has 252 valence electrons. The Hall–Kier alpha value is -4.53. The number of amides is 3. The van der Waals surface area contributed by atoms with Crippen molar-refractivity contribution in [1.82, 2.24) is 15.1 Å². The van der Waals surface area contributed by atoms with Crippen LogP contribution in [0.25, 0.3) is 11.1 Å². The van der Waals surface area contributed by atoms with Crippen LogP contribution in [0.4, 0.5) is 0 Å². The van der Waals surface area contributed by atoms with Gasteiger partial charge in [0.15, 0.2) is 0 Å². The molecule has 4 rings (SSSR count). The Morgan fingerprint density at radius 1 is 0.792 bits per heavy atom. The minimum absolute atomic E-state index is 0.226. The van der Waals surface area contributed by atoms with E-state index in [1.54, 1.807) is 31.5 Å². The average molecular weight is 665 g/mol. The van der Waals surface area contributed by atoms with Crippen molar-refractivity contribution in [3.8, 4) is 11.1 Å². The van der Waals surface area contributed by atoms with Crippen LogP contribution in [0.2, 0.25) is 0 Å². The van der Waals surface area contributed by atoms with Gasteiger partial charge >= 0.3 is 0 Å². The molecule has 48 heavy (non-hydrogen) atoms. The maximum absolute atomic E-state index is 14.5. The lowest BCUT2D eigenvalue weighted by Gasteiger charge is -2.34. The van der Waals surface area contributed by atoms with Crippen molar-refractivity contribution in [3.05, 3.63) is 130 Å². The van der Waals surface area contributed by atoms with Gasteiger partial charge in [0.1, 0.15) is 12.1 Å². The average Bonchev–Trinajstić information content (AvgIpc) is 3.59. The molecule has 8 heteroatoms. The fraction of sp³-hybridized carbons (Fsp3) is 0.325. The normalized spacial score (nSPS) is 13.0. The first kappa shape index (κ1) is 36.3. The van der Waals surface area contributed by atoms with Crippen LogP contribution in [-0.2, 0) is 33.6 Å². The first-order valence-corrected chi connectivity index (χ1v) is 17.3. The number of nitrogens with two attached hydrogens (primary N) is 1. The van der Waals surface area contributed by atoms with E-state index in [2.05, 4.69) is 17.4 Å². The van der Waals surface area contributed by atoms with Gasteiger partial charge in [0.25, 0.3) is 0 Å².